The molecule has 1 aliphatic heterocycles. The Labute approximate surface area is 182 Å². The van der Waals surface area contributed by atoms with E-state index in [4.69, 9.17) is 0 Å². The van der Waals surface area contributed by atoms with Crippen LogP contribution in [0.4, 0.5) is 0 Å². The molecule has 0 radical (unpaired) electrons. The average Bonchev–Trinajstić information content (AvgIpc) is 3.14. The van der Waals surface area contributed by atoms with Crippen LogP contribution in [0.25, 0.3) is 11.0 Å². The lowest BCUT2D eigenvalue weighted by molar-refractivity contribution is 0.0698. The number of carbonyl (C=O) groups excluding carboxylic acids is 1. The van der Waals surface area contributed by atoms with Gasteiger partial charge in [-0.2, -0.15) is 4.31 Å². The van der Waals surface area contributed by atoms with Gasteiger partial charge in [-0.15, -0.1) is 5.10 Å². The number of sulfonamides is 1. The van der Waals surface area contributed by atoms with E-state index >= 15 is 0 Å². The highest BCUT2D eigenvalue weighted by Crippen LogP contribution is 2.26. The SMILES string of the molecule is CCn1nnc2cc(C(=O)N3CCN(S(=O)(=O)c4c(C)cc(C)cc4C)CC3)ccc21. The lowest BCUT2D eigenvalue weighted by Gasteiger charge is -2.34. The second kappa shape index (κ2) is 8.05. The first-order valence-electron chi connectivity index (χ1n) is 10.4. The molecule has 0 spiro atoms. The van der Waals surface area contributed by atoms with Gasteiger partial charge in [-0.3, -0.25) is 4.79 Å². The number of amides is 1. The van der Waals surface area contributed by atoms with Crippen LogP contribution in [0, 0.1) is 20.8 Å². The summed E-state index contributed by atoms with van der Waals surface area (Å²) >= 11 is 0. The van der Waals surface area contributed by atoms with E-state index in [2.05, 4.69) is 10.3 Å². The van der Waals surface area contributed by atoms with Crippen molar-refractivity contribution in [3.8, 4) is 0 Å². The molecule has 0 saturated carbocycles. The van der Waals surface area contributed by atoms with Crippen molar-refractivity contribution in [2.45, 2.75) is 39.1 Å². The van der Waals surface area contributed by atoms with Crippen LogP contribution in [-0.4, -0.2) is 64.7 Å². The highest BCUT2D eigenvalue weighted by Gasteiger charge is 2.32. The molecule has 0 N–H and O–H groups in total. The highest BCUT2D eigenvalue weighted by atomic mass is 32.2. The third kappa shape index (κ3) is 3.83. The maximum absolute atomic E-state index is 13.3. The molecule has 0 atom stereocenters. The number of hydrogen-bond donors (Lipinski definition) is 0. The topological polar surface area (TPSA) is 88.4 Å². The number of aryl methyl sites for hydroxylation is 4. The first-order valence-corrected chi connectivity index (χ1v) is 11.9. The molecule has 0 bridgehead atoms. The van der Waals surface area contributed by atoms with Crippen LogP contribution in [0.5, 0.6) is 0 Å². The fourth-order valence-corrected chi connectivity index (χ4v) is 6.19. The number of piperazine rings is 1. The van der Waals surface area contributed by atoms with Crippen LogP contribution >= 0.6 is 0 Å². The highest BCUT2D eigenvalue weighted by molar-refractivity contribution is 7.89. The Balaban J connectivity index is 1.50. The van der Waals surface area contributed by atoms with Gasteiger partial charge in [-0.05, 0) is 57.0 Å². The molecule has 1 saturated heterocycles. The number of carbonyl (C=O) groups is 1. The van der Waals surface area contributed by atoms with Crippen LogP contribution in [0.2, 0.25) is 0 Å². The molecule has 4 rings (SSSR count). The van der Waals surface area contributed by atoms with Crippen molar-refractivity contribution in [3.05, 3.63) is 52.6 Å². The summed E-state index contributed by atoms with van der Waals surface area (Å²) in [5.74, 6) is -0.118. The molecule has 9 heteroatoms. The van der Waals surface area contributed by atoms with Crippen LogP contribution < -0.4 is 0 Å². The molecule has 1 fully saturated rings. The molecule has 1 aliphatic rings. The van der Waals surface area contributed by atoms with Gasteiger partial charge in [-0.1, -0.05) is 22.9 Å². The monoisotopic (exact) mass is 441 g/mol. The normalized spacial score (nSPS) is 15.5. The summed E-state index contributed by atoms with van der Waals surface area (Å²) in [6.45, 7) is 9.56. The number of aromatic nitrogens is 3. The van der Waals surface area contributed by atoms with Gasteiger partial charge in [0.2, 0.25) is 10.0 Å². The number of rotatable bonds is 4. The van der Waals surface area contributed by atoms with Gasteiger partial charge in [0.1, 0.15) is 5.52 Å². The van der Waals surface area contributed by atoms with Crippen LogP contribution in [0.3, 0.4) is 0 Å². The van der Waals surface area contributed by atoms with Crippen LogP contribution in [-0.2, 0) is 16.6 Å². The maximum Gasteiger partial charge on any atom is 0.254 e. The summed E-state index contributed by atoms with van der Waals surface area (Å²) < 4.78 is 29.8. The largest absolute Gasteiger partial charge is 0.336 e. The molecule has 2 heterocycles. The van der Waals surface area contributed by atoms with E-state index in [1.165, 1.54) is 4.31 Å². The van der Waals surface area contributed by atoms with E-state index in [0.29, 0.717) is 35.6 Å². The minimum Gasteiger partial charge on any atom is -0.336 e. The van der Waals surface area contributed by atoms with E-state index < -0.39 is 10.0 Å². The number of fused-ring (bicyclic) bond motifs is 1. The molecule has 1 amide bonds. The van der Waals surface area contributed by atoms with E-state index in [1.54, 1.807) is 21.7 Å². The van der Waals surface area contributed by atoms with Crippen molar-refractivity contribution in [1.82, 2.24) is 24.2 Å². The summed E-state index contributed by atoms with van der Waals surface area (Å²) in [5.41, 5.74) is 4.66. The zero-order valence-corrected chi connectivity index (χ0v) is 19.1. The molecular weight excluding hydrogens is 414 g/mol. The second-order valence-corrected chi connectivity index (χ2v) is 9.91. The lowest BCUT2D eigenvalue weighted by Crippen LogP contribution is -2.50. The van der Waals surface area contributed by atoms with Crippen molar-refractivity contribution in [3.63, 3.8) is 0 Å². The summed E-state index contributed by atoms with van der Waals surface area (Å²) in [6, 6.07) is 9.17. The first-order chi connectivity index (χ1) is 14.7. The van der Waals surface area contributed by atoms with Gasteiger partial charge in [-0.25, -0.2) is 13.1 Å². The second-order valence-electron chi connectivity index (χ2n) is 8.03. The van der Waals surface area contributed by atoms with Crippen molar-refractivity contribution in [1.29, 1.82) is 0 Å². The average molecular weight is 442 g/mol. The van der Waals surface area contributed by atoms with Gasteiger partial charge in [0.05, 0.1) is 10.4 Å². The standard InChI is InChI=1S/C22H27N5O3S/c1-5-27-20-7-6-18(14-19(20)23-24-27)22(28)25-8-10-26(11-9-25)31(29,30)21-16(3)12-15(2)13-17(21)4/h6-7,12-14H,5,8-11H2,1-4H3. The van der Waals surface area contributed by atoms with Crippen molar-refractivity contribution in [2.24, 2.45) is 0 Å². The third-order valence-electron chi connectivity index (χ3n) is 5.79. The third-order valence-corrected chi connectivity index (χ3v) is 7.99. The molecule has 8 nitrogen and oxygen atoms in total. The number of nitrogens with zero attached hydrogens (tertiary/aromatic N) is 5. The minimum atomic E-state index is -3.61. The Morgan fingerprint density at radius 3 is 2.26 bits per heavy atom. The van der Waals surface area contributed by atoms with E-state index in [1.807, 2.05) is 45.9 Å². The summed E-state index contributed by atoms with van der Waals surface area (Å²) in [4.78, 5) is 15.1. The smallest absolute Gasteiger partial charge is 0.254 e. The van der Waals surface area contributed by atoms with Gasteiger partial charge >= 0.3 is 0 Å². The molecule has 0 aliphatic carbocycles. The van der Waals surface area contributed by atoms with Gasteiger partial charge in [0, 0.05) is 38.3 Å². The maximum atomic E-state index is 13.3. The Morgan fingerprint density at radius 2 is 1.65 bits per heavy atom. The van der Waals surface area contributed by atoms with Gasteiger partial charge in [0.15, 0.2) is 0 Å². The van der Waals surface area contributed by atoms with E-state index in [0.717, 1.165) is 22.2 Å². The zero-order chi connectivity index (χ0) is 22.3. The summed E-state index contributed by atoms with van der Waals surface area (Å²) in [5, 5.41) is 8.21. The Morgan fingerprint density at radius 1 is 1.00 bits per heavy atom. The summed E-state index contributed by atoms with van der Waals surface area (Å²) in [7, 11) is -3.61. The van der Waals surface area contributed by atoms with Crippen LogP contribution in [0.1, 0.15) is 34.0 Å². The minimum absolute atomic E-state index is 0.118. The van der Waals surface area contributed by atoms with E-state index in [-0.39, 0.29) is 19.0 Å². The molecule has 1 aromatic heterocycles. The fourth-order valence-electron chi connectivity index (χ4n) is 4.36. The fraction of sp³-hybridized carbons (Fsp3) is 0.409. The molecule has 2 aromatic carbocycles. The lowest BCUT2D eigenvalue weighted by atomic mass is 10.1. The summed E-state index contributed by atoms with van der Waals surface area (Å²) in [6.07, 6.45) is 0. The zero-order valence-electron chi connectivity index (χ0n) is 18.3. The number of benzene rings is 2. The predicted molar refractivity (Wildman–Crippen MR) is 119 cm³/mol. The molecule has 164 valence electrons. The van der Waals surface area contributed by atoms with Crippen LogP contribution in [0.15, 0.2) is 35.2 Å². The molecule has 0 unspecified atom stereocenters. The Bertz CT molecular complexity index is 1230. The van der Waals surface area contributed by atoms with Crippen molar-refractivity contribution in [2.75, 3.05) is 26.2 Å². The Kier molecular flexibility index (Phi) is 5.57. The quantitative estimate of drug-likeness (QED) is 0.621. The molecule has 3 aromatic rings. The van der Waals surface area contributed by atoms with E-state index in [9.17, 15) is 13.2 Å². The predicted octanol–water partition coefficient (Wildman–Crippen LogP) is 2.52. The number of hydrogen-bond acceptors (Lipinski definition) is 5. The Hall–Kier alpha value is -2.78. The van der Waals surface area contributed by atoms with Crippen molar-refractivity contribution >= 4 is 27.0 Å². The molecule has 31 heavy (non-hydrogen) atoms. The van der Waals surface area contributed by atoms with Crippen molar-refractivity contribution < 1.29 is 13.2 Å². The van der Waals surface area contributed by atoms with Gasteiger partial charge < -0.3 is 4.90 Å². The first kappa shape index (κ1) is 21.5. The van der Waals surface area contributed by atoms with Gasteiger partial charge in [0.25, 0.3) is 5.91 Å². The molecular formula is C22H27N5O3S.